The molecule has 3 aromatic rings. The number of anilines is 1. The molecule has 0 atom stereocenters. The third-order valence-electron chi connectivity index (χ3n) is 4.67. The van der Waals surface area contributed by atoms with Gasteiger partial charge in [0.05, 0.1) is 24.3 Å². The molecule has 30 heavy (non-hydrogen) atoms. The Hall–Kier alpha value is -3.25. The summed E-state index contributed by atoms with van der Waals surface area (Å²) in [6, 6.07) is 16.4. The lowest BCUT2D eigenvalue weighted by molar-refractivity contribution is -0.116. The molecule has 3 rings (SSSR count). The maximum Gasteiger partial charge on any atom is 0.339 e. The molecule has 156 valence electrons. The summed E-state index contributed by atoms with van der Waals surface area (Å²) in [5.41, 5.74) is 3.32. The van der Waals surface area contributed by atoms with E-state index in [4.69, 9.17) is 21.1 Å². The van der Waals surface area contributed by atoms with Gasteiger partial charge in [0.1, 0.15) is 12.3 Å². The first-order chi connectivity index (χ1) is 14.4. The van der Waals surface area contributed by atoms with Crippen molar-refractivity contribution in [3.05, 3.63) is 70.9 Å². The first-order valence-electron chi connectivity index (χ1n) is 9.50. The van der Waals surface area contributed by atoms with Crippen LogP contribution in [0.5, 0.6) is 5.75 Å². The Morgan fingerprint density at radius 1 is 1.10 bits per heavy atom. The molecule has 1 amide bonds. The minimum absolute atomic E-state index is 0.0269. The molecular weight excluding hydrogens is 404 g/mol. The molecule has 0 fully saturated rings. The van der Waals surface area contributed by atoms with Gasteiger partial charge >= 0.3 is 5.97 Å². The van der Waals surface area contributed by atoms with Crippen LogP contribution in [0.2, 0.25) is 5.02 Å². The van der Waals surface area contributed by atoms with Crippen molar-refractivity contribution in [1.29, 1.82) is 0 Å². The number of esters is 1. The van der Waals surface area contributed by atoms with E-state index in [1.807, 2.05) is 34.9 Å². The molecule has 1 aromatic heterocycles. The number of carbonyl (C=O) groups excluding carboxylic acids is 2. The van der Waals surface area contributed by atoms with Gasteiger partial charge in [0.25, 0.3) is 0 Å². The predicted octanol–water partition coefficient (Wildman–Crippen LogP) is 4.94. The average molecular weight is 427 g/mol. The first kappa shape index (κ1) is 21.5. The highest BCUT2D eigenvalue weighted by Gasteiger charge is 2.21. The molecule has 0 saturated heterocycles. The summed E-state index contributed by atoms with van der Waals surface area (Å²) in [7, 11) is 1.53. The van der Waals surface area contributed by atoms with Gasteiger partial charge in [0, 0.05) is 17.1 Å². The summed E-state index contributed by atoms with van der Waals surface area (Å²) in [4.78, 5) is 25.1. The monoisotopic (exact) mass is 426 g/mol. The number of nitrogens with zero attached hydrogens (tertiary/aromatic N) is 1. The van der Waals surface area contributed by atoms with E-state index < -0.39 is 5.97 Å². The maximum absolute atomic E-state index is 12.8. The molecule has 2 aromatic carbocycles. The second kappa shape index (κ2) is 9.50. The topological polar surface area (TPSA) is 69.6 Å². The van der Waals surface area contributed by atoms with Crippen LogP contribution in [0, 0.1) is 6.92 Å². The number of nitrogens with one attached hydrogen (secondary N) is 1. The molecule has 0 aliphatic heterocycles. The molecule has 7 heteroatoms. The van der Waals surface area contributed by atoms with Crippen molar-refractivity contribution >= 4 is 29.2 Å². The van der Waals surface area contributed by atoms with Crippen LogP contribution in [0.4, 0.5) is 5.69 Å². The Labute approximate surface area is 180 Å². The summed E-state index contributed by atoms with van der Waals surface area (Å²) in [5.74, 6) is -0.128. The molecule has 0 aliphatic rings. The summed E-state index contributed by atoms with van der Waals surface area (Å²) < 4.78 is 12.1. The maximum atomic E-state index is 12.8. The van der Waals surface area contributed by atoms with Crippen molar-refractivity contribution in [3.63, 3.8) is 0 Å². The molecule has 0 aliphatic carbocycles. The van der Waals surface area contributed by atoms with E-state index in [0.717, 1.165) is 11.3 Å². The molecule has 6 nitrogen and oxygen atoms in total. The predicted molar refractivity (Wildman–Crippen MR) is 117 cm³/mol. The highest BCUT2D eigenvalue weighted by atomic mass is 35.5. The third kappa shape index (κ3) is 4.66. The Balaban J connectivity index is 1.91. The zero-order chi connectivity index (χ0) is 21.7. The van der Waals surface area contributed by atoms with Gasteiger partial charge < -0.3 is 19.4 Å². The Kier molecular flexibility index (Phi) is 6.79. The number of amides is 1. The van der Waals surface area contributed by atoms with Crippen molar-refractivity contribution in [2.75, 3.05) is 19.0 Å². The number of carbonyl (C=O) groups is 2. The Morgan fingerprint density at radius 3 is 2.47 bits per heavy atom. The van der Waals surface area contributed by atoms with Crippen molar-refractivity contribution in [2.24, 2.45) is 0 Å². The second-order valence-corrected chi connectivity index (χ2v) is 7.01. The van der Waals surface area contributed by atoms with E-state index in [9.17, 15) is 9.59 Å². The van der Waals surface area contributed by atoms with Gasteiger partial charge in [-0.1, -0.05) is 41.9 Å². The van der Waals surface area contributed by atoms with Gasteiger partial charge in [0.15, 0.2) is 0 Å². The van der Waals surface area contributed by atoms with Crippen LogP contribution < -0.4 is 10.1 Å². The highest BCUT2D eigenvalue weighted by molar-refractivity contribution is 6.32. The molecule has 0 unspecified atom stereocenters. The van der Waals surface area contributed by atoms with Crippen molar-refractivity contribution in [1.82, 2.24) is 4.57 Å². The van der Waals surface area contributed by atoms with Crippen LogP contribution in [0.3, 0.4) is 0 Å². The lowest BCUT2D eigenvalue weighted by Gasteiger charge is -2.13. The number of aromatic nitrogens is 1. The van der Waals surface area contributed by atoms with Crippen LogP contribution in [-0.4, -0.2) is 30.2 Å². The number of hydrogen-bond acceptors (Lipinski definition) is 4. The second-order valence-electron chi connectivity index (χ2n) is 6.60. The van der Waals surface area contributed by atoms with Gasteiger partial charge in [-0.05, 0) is 43.7 Å². The molecule has 0 spiro atoms. The normalized spacial score (nSPS) is 10.5. The van der Waals surface area contributed by atoms with Crippen molar-refractivity contribution in [3.8, 4) is 17.0 Å². The number of methoxy groups -OCH3 is 1. The van der Waals surface area contributed by atoms with Crippen molar-refractivity contribution < 1.29 is 19.1 Å². The minimum atomic E-state index is -0.409. The summed E-state index contributed by atoms with van der Waals surface area (Å²) in [6.07, 6.45) is 0. The largest absolute Gasteiger partial charge is 0.495 e. The SMILES string of the molecule is CCOC(=O)c1cc(-c2ccccc2)n(CC(=O)Nc2ccc(OC)c(Cl)c2)c1C. The average Bonchev–Trinajstić information content (AvgIpc) is 3.05. The van der Waals surface area contributed by atoms with Gasteiger partial charge in [-0.2, -0.15) is 0 Å². The van der Waals surface area contributed by atoms with Crippen LogP contribution in [0.25, 0.3) is 11.3 Å². The highest BCUT2D eigenvalue weighted by Crippen LogP contribution is 2.28. The lowest BCUT2D eigenvalue weighted by atomic mass is 10.1. The fourth-order valence-electron chi connectivity index (χ4n) is 3.20. The minimum Gasteiger partial charge on any atom is -0.495 e. The first-order valence-corrected chi connectivity index (χ1v) is 9.88. The molecule has 0 radical (unpaired) electrons. The van der Waals surface area contributed by atoms with Crippen LogP contribution in [0.1, 0.15) is 23.0 Å². The zero-order valence-electron chi connectivity index (χ0n) is 17.1. The van der Waals surface area contributed by atoms with E-state index in [0.29, 0.717) is 27.7 Å². The Bertz CT molecular complexity index is 1060. The van der Waals surface area contributed by atoms with E-state index in [-0.39, 0.29) is 19.1 Å². The Morgan fingerprint density at radius 2 is 1.83 bits per heavy atom. The van der Waals surface area contributed by atoms with E-state index in [2.05, 4.69) is 5.32 Å². The fourth-order valence-corrected chi connectivity index (χ4v) is 3.46. The molecule has 0 bridgehead atoms. The molecule has 1 heterocycles. The van der Waals surface area contributed by atoms with E-state index in [1.165, 1.54) is 7.11 Å². The number of hydrogen-bond donors (Lipinski definition) is 1. The quantitative estimate of drug-likeness (QED) is 0.543. The number of halogens is 1. The summed E-state index contributed by atoms with van der Waals surface area (Å²) in [5, 5.41) is 3.24. The van der Waals surface area contributed by atoms with Crippen LogP contribution >= 0.6 is 11.6 Å². The van der Waals surface area contributed by atoms with Crippen molar-refractivity contribution in [2.45, 2.75) is 20.4 Å². The number of rotatable bonds is 7. The van der Waals surface area contributed by atoms with Gasteiger partial charge in [-0.25, -0.2) is 4.79 Å². The van der Waals surface area contributed by atoms with Crippen LogP contribution in [-0.2, 0) is 16.1 Å². The standard InChI is InChI=1S/C23H23ClN2O4/c1-4-30-23(28)18-13-20(16-8-6-5-7-9-16)26(15(18)2)14-22(27)25-17-10-11-21(29-3)19(24)12-17/h5-13H,4,14H2,1-3H3,(H,25,27). The van der Waals surface area contributed by atoms with Gasteiger partial charge in [-0.15, -0.1) is 0 Å². The van der Waals surface area contributed by atoms with Gasteiger partial charge in [-0.3, -0.25) is 4.79 Å². The fraction of sp³-hybridized carbons (Fsp3) is 0.217. The summed E-state index contributed by atoms with van der Waals surface area (Å²) in [6.45, 7) is 3.87. The zero-order valence-corrected chi connectivity index (χ0v) is 17.8. The number of benzene rings is 2. The molecular formula is C23H23ClN2O4. The van der Waals surface area contributed by atoms with Gasteiger partial charge in [0.2, 0.25) is 5.91 Å². The molecule has 0 saturated carbocycles. The summed E-state index contributed by atoms with van der Waals surface area (Å²) >= 11 is 6.14. The molecule has 1 N–H and O–H groups in total. The van der Waals surface area contributed by atoms with E-state index >= 15 is 0 Å². The van der Waals surface area contributed by atoms with Crippen LogP contribution in [0.15, 0.2) is 54.6 Å². The lowest BCUT2D eigenvalue weighted by Crippen LogP contribution is -2.20. The smallest absolute Gasteiger partial charge is 0.339 e. The third-order valence-corrected chi connectivity index (χ3v) is 4.96. The number of ether oxygens (including phenoxy) is 2. The van der Waals surface area contributed by atoms with E-state index in [1.54, 1.807) is 38.1 Å².